The van der Waals surface area contributed by atoms with E-state index in [1.807, 2.05) is 0 Å². The molecule has 0 spiro atoms. The maximum absolute atomic E-state index is 9.68. The number of rotatable bonds is 3. The van der Waals surface area contributed by atoms with Gasteiger partial charge in [-0.05, 0) is 0 Å². The van der Waals surface area contributed by atoms with E-state index >= 15 is 0 Å². The molecule has 9 N–H and O–H groups in total. The van der Waals surface area contributed by atoms with Gasteiger partial charge in [-0.25, -0.2) is 0 Å². The molecule has 0 rings (SSSR count). The molecule has 94 valence electrons. The molecule has 0 atom stereocenters. The Labute approximate surface area is 98.3 Å². The topological polar surface area (TPSA) is 176 Å². The van der Waals surface area contributed by atoms with Crippen LogP contribution in [0.3, 0.4) is 0 Å². The van der Waals surface area contributed by atoms with Gasteiger partial charge in [-0.15, -0.1) is 0 Å². The summed E-state index contributed by atoms with van der Waals surface area (Å²) in [5.74, 6) is -1.02. The molecule has 0 aromatic heterocycles. The van der Waals surface area contributed by atoms with Crippen LogP contribution in [0.1, 0.15) is 12.8 Å². The summed E-state index contributed by atoms with van der Waals surface area (Å²) in [6, 6.07) is 0. The summed E-state index contributed by atoms with van der Waals surface area (Å²) in [6.07, 6.45) is -1.79. The van der Waals surface area contributed by atoms with Crippen LogP contribution in [0.2, 0.25) is 0 Å². The first kappa shape index (κ1) is 29.3. The van der Waals surface area contributed by atoms with Gasteiger partial charge in [-0.2, -0.15) is 0 Å². The normalized spacial score (nSPS) is 7.21. The van der Waals surface area contributed by atoms with Crippen molar-refractivity contribution in [1.82, 2.24) is 0 Å². The van der Waals surface area contributed by atoms with Gasteiger partial charge in [0.25, 0.3) is 0 Å². The third-order valence-corrected chi connectivity index (χ3v) is 0.616. The van der Waals surface area contributed by atoms with Crippen LogP contribution in [-0.2, 0) is 21.3 Å². The SMILES string of the molecule is O.O=C(O)CCC(O)O.[Cl][Pt+2][Cl].[NH2-].[NH2-]. The zero-order valence-electron chi connectivity index (χ0n) is 6.97. The molecule has 0 saturated carbocycles. The molecule has 0 fully saturated rings. The van der Waals surface area contributed by atoms with Gasteiger partial charge in [0.15, 0.2) is 6.29 Å². The minimum atomic E-state index is -1.49. The second-order valence-corrected chi connectivity index (χ2v) is 4.74. The minimum Gasteiger partial charge on any atom is -0.693 e. The van der Waals surface area contributed by atoms with E-state index in [0.717, 1.165) is 0 Å². The Balaban J connectivity index is -0.0000000405. The van der Waals surface area contributed by atoms with Crippen LogP contribution in [0.15, 0.2) is 0 Å². The summed E-state index contributed by atoms with van der Waals surface area (Å²) in [6.45, 7) is 0. The zero-order chi connectivity index (χ0) is 9.28. The van der Waals surface area contributed by atoms with Gasteiger partial charge in [0.05, 0.1) is 6.42 Å². The van der Waals surface area contributed by atoms with E-state index in [4.69, 9.17) is 34.2 Å². The standard InChI is InChI=1S/C4H8O4.2ClH.2H2N.H2O.Pt/c5-3(6)1-2-4(7)8;;;;;;/h3,5-6H,1-2H2,(H,7,8);2*1H;3*1H2;/q;;;2*-1;;+4/p-2. The molecule has 0 radical (unpaired) electrons. The number of carboxylic acids is 1. The second-order valence-electron chi connectivity index (χ2n) is 1.46. The summed E-state index contributed by atoms with van der Waals surface area (Å²) in [5, 5.41) is 24.1. The largest absolute Gasteiger partial charge is 0.693 e. The molecule has 10 heteroatoms. The first-order valence-electron chi connectivity index (χ1n) is 2.44. The van der Waals surface area contributed by atoms with Crippen LogP contribution in [0.4, 0.5) is 0 Å². The van der Waals surface area contributed by atoms with Crippen molar-refractivity contribution < 1.29 is 42.1 Å². The Kier molecular flexibility index (Phi) is 48.9. The van der Waals surface area contributed by atoms with E-state index in [9.17, 15) is 4.79 Å². The Morgan fingerprint density at radius 2 is 1.57 bits per heavy atom. The Morgan fingerprint density at radius 3 is 1.64 bits per heavy atom. The van der Waals surface area contributed by atoms with Gasteiger partial charge < -0.3 is 33.1 Å². The van der Waals surface area contributed by atoms with Crippen molar-refractivity contribution in [3.63, 3.8) is 0 Å². The molecule has 14 heavy (non-hydrogen) atoms. The van der Waals surface area contributed by atoms with Crippen LogP contribution in [0.5, 0.6) is 0 Å². The average molecular weight is 436 g/mol. The number of aliphatic hydroxyl groups excluding tert-OH is 1. The molecule has 0 aliphatic rings. The van der Waals surface area contributed by atoms with Crippen molar-refractivity contribution in [3.05, 3.63) is 12.3 Å². The fourth-order valence-corrected chi connectivity index (χ4v) is 0.253. The summed E-state index contributed by atoms with van der Waals surface area (Å²) in [5.41, 5.74) is 0. The van der Waals surface area contributed by atoms with E-state index < -0.39 is 28.7 Å². The molecule has 0 unspecified atom stereocenters. The number of halogens is 2. The van der Waals surface area contributed by atoms with E-state index in [1.54, 1.807) is 0 Å². The van der Waals surface area contributed by atoms with E-state index in [1.165, 1.54) is 0 Å². The Hall–Kier alpha value is 0.538. The third-order valence-electron chi connectivity index (χ3n) is 0.616. The van der Waals surface area contributed by atoms with Crippen molar-refractivity contribution >= 4 is 24.8 Å². The maximum Gasteiger partial charge on any atom is -0.693 e. The number of aliphatic carboxylic acids is 1. The average Bonchev–Trinajstić information content (AvgIpc) is 1.85. The minimum absolute atomic E-state index is 0. The van der Waals surface area contributed by atoms with Gasteiger partial charge in [0, 0.05) is 6.42 Å². The molecule has 0 bridgehead atoms. The van der Waals surface area contributed by atoms with Crippen LogP contribution in [-0.4, -0.2) is 33.1 Å². The van der Waals surface area contributed by atoms with Crippen molar-refractivity contribution in [3.8, 4) is 0 Å². The molecular weight excluding hydrogens is 422 g/mol. The number of aliphatic hydroxyl groups is 2. The maximum atomic E-state index is 9.68. The van der Waals surface area contributed by atoms with E-state index in [2.05, 4.69) is 0 Å². The predicted molar refractivity (Wildman–Crippen MR) is 51.0 cm³/mol. The summed E-state index contributed by atoms with van der Waals surface area (Å²) in [7, 11) is 9.75. The van der Waals surface area contributed by atoms with Crippen molar-refractivity contribution in [2.45, 2.75) is 19.1 Å². The molecule has 0 aliphatic heterocycles. The number of nitrogens with two attached hydrogens (primary N) is 2. The number of hydrogen-bond donors (Lipinski definition) is 3. The zero-order valence-corrected chi connectivity index (χ0v) is 10.8. The van der Waals surface area contributed by atoms with Crippen LogP contribution in [0, 0.1) is 0 Å². The number of carbonyl (C=O) groups is 1. The number of carboxylic acid groups (broad SMARTS) is 1. The van der Waals surface area contributed by atoms with Gasteiger partial charge in [-0.3, -0.25) is 4.79 Å². The summed E-state index contributed by atoms with van der Waals surface area (Å²) < 4.78 is 0. The quantitative estimate of drug-likeness (QED) is 0.563. The first-order valence-corrected chi connectivity index (χ1v) is 8.08. The Morgan fingerprint density at radius 1 is 1.29 bits per heavy atom. The monoisotopic (exact) mass is 435 g/mol. The molecule has 0 aromatic carbocycles. The van der Waals surface area contributed by atoms with Crippen molar-refractivity contribution in [1.29, 1.82) is 0 Å². The molecule has 0 amide bonds. The summed E-state index contributed by atoms with van der Waals surface area (Å²) in [4.78, 5) is 9.68. The molecule has 0 heterocycles. The third kappa shape index (κ3) is 54.4. The fraction of sp³-hybridized carbons (Fsp3) is 0.750. The predicted octanol–water partition coefficient (Wildman–Crippen LogP) is 1.15. The fourth-order valence-electron chi connectivity index (χ4n) is 0.253. The van der Waals surface area contributed by atoms with Gasteiger partial charge in [-0.1, -0.05) is 0 Å². The molecule has 0 saturated heterocycles. The van der Waals surface area contributed by atoms with Crippen molar-refractivity contribution in [2.24, 2.45) is 0 Å². The van der Waals surface area contributed by atoms with E-state index in [0.29, 0.717) is 0 Å². The van der Waals surface area contributed by atoms with Crippen LogP contribution in [0.25, 0.3) is 12.3 Å². The van der Waals surface area contributed by atoms with Crippen LogP contribution >= 0.6 is 18.8 Å². The van der Waals surface area contributed by atoms with E-state index in [-0.39, 0.29) is 30.6 Å². The van der Waals surface area contributed by atoms with Gasteiger partial charge in [0.1, 0.15) is 0 Å². The molecule has 0 aliphatic carbocycles. The first-order chi connectivity index (χ1) is 5.04. The molecule has 7 nitrogen and oxygen atoms in total. The van der Waals surface area contributed by atoms with Crippen LogP contribution < -0.4 is 0 Å². The smallest absolute Gasteiger partial charge is 0.693 e. The second kappa shape index (κ2) is 23.4. The van der Waals surface area contributed by atoms with Gasteiger partial charge >= 0.3 is 41.3 Å². The molecular formula is C4H14Cl2N2O5Pt. The summed E-state index contributed by atoms with van der Waals surface area (Å²) >= 11 is -0.472. The van der Waals surface area contributed by atoms with Gasteiger partial charge in [0.2, 0.25) is 0 Å². The molecule has 0 aromatic rings. The number of hydrogen-bond acceptors (Lipinski definition) is 3. The van der Waals surface area contributed by atoms with Crippen molar-refractivity contribution in [2.75, 3.05) is 0 Å². The Bertz CT molecular complexity index is 110.